The van der Waals surface area contributed by atoms with Gasteiger partial charge in [0.1, 0.15) is 17.6 Å². The van der Waals surface area contributed by atoms with Gasteiger partial charge in [0.2, 0.25) is 0 Å². The first-order valence-corrected chi connectivity index (χ1v) is 9.24. The minimum Gasteiger partial charge on any atom is -0.508 e. The van der Waals surface area contributed by atoms with Crippen molar-refractivity contribution < 1.29 is 5.11 Å². The van der Waals surface area contributed by atoms with Crippen molar-refractivity contribution in [3.05, 3.63) is 95.3 Å². The molecule has 1 N–H and O–H groups in total. The zero-order valence-electron chi connectivity index (χ0n) is 15.4. The summed E-state index contributed by atoms with van der Waals surface area (Å²) in [6, 6.07) is 20.0. The third-order valence-corrected chi connectivity index (χ3v) is 5.07. The normalized spacial score (nSPS) is 16.4. The number of fused-ring (bicyclic) bond motifs is 1. The van der Waals surface area contributed by atoms with E-state index in [0.717, 1.165) is 30.8 Å². The Bertz CT molecular complexity index is 935. The van der Waals surface area contributed by atoms with E-state index in [1.165, 1.54) is 16.7 Å². The summed E-state index contributed by atoms with van der Waals surface area (Å²) in [7, 11) is 2.11. The Balaban J connectivity index is 1.69. The van der Waals surface area contributed by atoms with Crippen molar-refractivity contribution in [1.29, 1.82) is 0 Å². The largest absolute Gasteiger partial charge is 0.508 e. The molecule has 4 nitrogen and oxygen atoms in total. The highest BCUT2D eigenvalue weighted by Crippen LogP contribution is 2.33. The highest BCUT2D eigenvalue weighted by molar-refractivity contribution is 5.83. The minimum atomic E-state index is -0.0563. The first kappa shape index (κ1) is 17.3. The molecule has 1 aliphatic rings. The lowest BCUT2D eigenvalue weighted by molar-refractivity contribution is 0.475. The van der Waals surface area contributed by atoms with Gasteiger partial charge in [-0.25, -0.2) is 0 Å². The molecule has 27 heavy (non-hydrogen) atoms. The predicted molar refractivity (Wildman–Crippen MR) is 108 cm³/mol. The topological polar surface area (TPSA) is 48.7 Å². The Kier molecular flexibility index (Phi) is 4.88. The van der Waals surface area contributed by atoms with Gasteiger partial charge >= 0.3 is 0 Å². The predicted octanol–water partition coefficient (Wildman–Crippen LogP) is 4.35. The lowest BCUT2D eigenvalue weighted by Gasteiger charge is -2.20. The van der Waals surface area contributed by atoms with E-state index in [1.54, 1.807) is 12.1 Å². The van der Waals surface area contributed by atoms with E-state index < -0.39 is 0 Å². The SMILES string of the molecule is CN1Cc2ccccc2C(c2ccc(O)cc2)N=C1CCc1ccncc1. The molecule has 0 radical (unpaired) electrons. The number of rotatable bonds is 4. The second kappa shape index (κ2) is 7.62. The van der Waals surface area contributed by atoms with Crippen LogP contribution in [0.4, 0.5) is 0 Å². The Morgan fingerprint density at radius 1 is 0.963 bits per heavy atom. The lowest BCUT2D eigenvalue weighted by Crippen LogP contribution is -2.26. The quantitative estimate of drug-likeness (QED) is 0.755. The molecule has 136 valence electrons. The van der Waals surface area contributed by atoms with Crippen LogP contribution in [0, 0.1) is 0 Å². The van der Waals surface area contributed by atoms with Crippen molar-refractivity contribution in [2.45, 2.75) is 25.4 Å². The van der Waals surface area contributed by atoms with Gasteiger partial charge in [0, 0.05) is 32.4 Å². The summed E-state index contributed by atoms with van der Waals surface area (Å²) in [6.07, 6.45) is 5.49. The van der Waals surface area contributed by atoms with Crippen molar-refractivity contribution in [2.24, 2.45) is 4.99 Å². The average molecular weight is 357 g/mol. The molecule has 0 amide bonds. The molecule has 1 atom stereocenters. The number of aromatic hydroxyl groups is 1. The zero-order chi connectivity index (χ0) is 18.6. The Morgan fingerprint density at radius 3 is 2.48 bits per heavy atom. The molecule has 0 saturated heterocycles. The van der Waals surface area contributed by atoms with Crippen molar-refractivity contribution in [3.8, 4) is 5.75 Å². The highest BCUT2D eigenvalue weighted by atomic mass is 16.3. The molecule has 0 saturated carbocycles. The number of aryl methyl sites for hydroxylation is 1. The molecule has 2 heterocycles. The number of benzene rings is 2. The zero-order valence-corrected chi connectivity index (χ0v) is 15.4. The fourth-order valence-electron chi connectivity index (χ4n) is 3.58. The van der Waals surface area contributed by atoms with Gasteiger partial charge in [0.15, 0.2) is 0 Å². The van der Waals surface area contributed by atoms with Gasteiger partial charge in [0.05, 0.1) is 0 Å². The lowest BCUT2D eigenvalue weighted by atomic mass is 9.95. The Morgan fingerprint density at radius 2 is 1.70 bits per heavy atom. The number of hydrogen-bond donors (Lipinski definition) is 1. The van der Waals surface area contributed by atoms with E-state index in [-0.39, 0.29) is 11.8 Å². The minimum absolute atomic E-state index is 0.0563. The number of amidine groups is 1. The van der Waals surface area contributed by atoms with E-state index in [2.05, 4.69) is 53.3 Å². The van der Waals surface area contributed by atoms with Crippen LogP contribution in [0.15, 0.2) is 78.0 Å². The Labute approximate surface area is 159 Å². The van der Waals surface area contributed by atoms with Gasteiger partial charge in [-0.15, -0.1) is 0 Å². The first-order chi connectivity index (χ1) is 13.2. The summed E-state index contributed by atoms with van der Waals surface area (Å²) >= 11 is 0. The molecule has 1 aromatic heterocycles. The molecule has 1 unspecified atom stereocenters. The van der Waals surface area contributed by atoms with Crippen LogP contribution < -0.4 is 0 Å². The fraction of sp³-hybridized carbons (Fsp3) is 0.217. The molecule has 1 aliphatic heterocycles. The van der Waals surface area contributed by atoms with Crippen LogP contribution in [-0.4, -0.2) is 27.9 Å². The van der Waals surface area contributed by atoms with Crippen molar-refractivity contribution in [3.63, 3.8) is 0 Å². The molecule has 2 aromatic carbocycles. The molecule has 0 bridgehead atoms. The van der Waals surface area contributed by atoms with E-state index in [9.17, 15) is 5.11 Å². The summed E-state index contributed by atoms with van der Waals surface area (Å²) in [6.45, 7) is 0.847. The maximum absolute atomic E-state index is 9.66. The summed E-state index contributed by atoms with van der Waals surface area (Å²) in [4.78, 5) is 11.5. The van der Waals surface area contributed by atoms with Crippen LogP contribution in [-0.2, 0) is 13.0 Å². The van der Waals surface area contributed by atoms with Gasteiger partial charge in [-0.05, 0) is 52.9 Å². The van der Waals surface area contributed by atoms with Crippen molar-refractivity contribution in [1.82, 2.24) is 9.88 Å². The average Bonchev–Trinajstić information content (AvgIpc) is 2.84. The second-order valence-electron chi connectivity index (χ2n) is 6.95. The number of nitrogens with zero attached hydrogens (tertiary/aromatic N) is 3. The monoisotopic (exact) mass is 357 g/mol. The van der Waals surface area contributed by atoms with Crippen molar-refractivity contribution >= 4 is 5.84 Å². The third kappa shape index (κ3) is 3.85. The van der Waals surface area contributed by atoms with E-state index >= 15 is 0 Å². The maximum Gasteiger partial charge on any atom is 0.115 e. The molecular formula is C23H23N3O. The molecule has 4 rings (SSSR count). The second-order valence-corrected chi connectivity index (χ2v) is 6.95. The fourth-order valence-corrected chi connectivity index (χ4v) is 3.58. The van der Waals surface area contributed by atoms with Crippen LogP contribution in [0.5, 0.6) is 5.75 Å². The van der Waals surface area contributed by atoms with E-state index in [1.807, 2.05) is 24.5 Å². The summed E-state index contributed by atoms with van der Waals surface area (Å²) in [5.74, 6) is 1.38. The summed E-state index contributed by atoms with van der Waals surface area (Å²) in [5.41, 5.74) is 4.88. The van der Waals surface area contributed by atoms with Crippen LogP contribution >= 0.6 is 0 Å². The van der Waals surface area contributed by atoms with E-state index in [0.29, 0.717) is 0 Å². The summed E-state index contributed by atoms with van der Waals surface area (Å²) < 4.78 is 0. The number of phenols is 1. The number of aliphatic imine (C=N–C) groups is 1. The molecular weight excluding hydrogens is 334 g/mol. The Hall–Kier alpha value is -3.14. The van der Waals surface area contributed by atoms with Gasteiger partial charge in [-0.2, -0.15) is 0 Å². The standard InChI is InChI=1S/C23H23N3O/c1-26-16-19-4-2-3-5-21(19)23(18-7-9-20(27)10-8-18)25-22(26)11-6-17-12-14-24-15-13-17/h2-5,7-10,12-15,23,27H,6,11,16H2,1H3. The number of aromatic nitrogens is 1. The molecule has 0 fully saturated rings. The molecule has 4 heteroatoms. The molecule has 0 aliphatic carbocycles. The number of phenolic OH excluding ortho intramolecular Hbond substituents is 1. The molecule has 0 spiro atoms. The van der Waals surface area contributed by atoms with E-state index in [4.69, 9.17) is 4.99 Å². The highest BCUT2D eigenvalue weighted by Gasteiger charge is 2.23. The first-order valence-electron chi connectivity index (χ1n) is 9.24. The van der Waals surface area contributed by atoms with Crippen molar-refractivity contribution in [2.75, 3.05) is 7.05 Å². The third-order valence-electron chi connectivity index (χ3n) is 5.07. The van der Waals surface area contributed by atoms with Crippen LogP contribution in [0.25, 0.3) is 0 Å². The van der Waals surface area contributed by atoms with Gasteiger partial charge < -0.3 is 10.0 Å². The maximum atomic E-state index is 9.66. The molecule has 3 aromatic rings. The van der Waals surface area contributed by atoms with Crippen LogP contribution in [0.1, 0.15) is 34.7 Å². The number of hydrogen-bond acceptors (Lipinski definition) is 4. The van der Waals surface area contributed by atoms with Crippen LogP contribution in [0.2, 0.25) is 0 Å². The smallest absolute Gasteiger partial charge is 0.115 e. The van der Waals surface area contributed by atoms with Gasteiger partial charge in [-0.3, -0.25) is 9.98 Å². The van der Waals surface area contributed by atoms with Gasteiger partial charge in [0.25, 0.3) is 0 Å². The summed E-state index contributed by atoms with van der Waals surface area (Å²) in [5, 5.41) is 9.66. The number of pyridine rings is 1. The van der Waals surface area contributed by atoms with Crippen LogP contribution in [0.3, 0.4) is 0 Å². The van der Waals surface area contributed by atoms with Gasteiger partial charge in [-0.1, -0.05) is 36.4 Å².